The van der Waals surface area contributed by atoms with Gasteiger partial charge in [0.15, 0.2) is 15.6 Å². The van der Waals surface area contributed by atoms with Crippen molar-refractivity contribution in [2.45, 2.75) is 26.5 Å². The van der Waals surface area contributed by atoms with Gasteiger partial charge in [-0.2, -0.15) is 43.6 Å². The Kier molecular flexibility index (Phi) is 12.6. The molecule has 328 valence electrons. The zero-order chi connectivity index (χ0) is 45.6. The highest BCUT2D eigenvalue weighted by Crippen LogP contribution is 2.46. The van der Waals surface area contributed by atoms with Crippen molar-refractivity contribution in [3.63, 3.8) is 0 Å². The van der Waals surface area contributed by atoms with E-state index in [0.29, 0.717) is 11.5 Å². The van der Waals surface area contributed by atoms with Crippen LogP contribution in [0.4, 0.5) is 28.7 Å². The molecule has 0 aliphatic carbocycles. The second-order valence-electron chi connectivity index (χ2n) is 12.6. The number of nitrogens with zero attached hydrogens (tertiary/aromatic N) is 6. The van der Waals surface area contributed by atoms with Crippen molar-refractivity contribution in [2.75, 3.05) is 23.8 Å². The number of aromatic amines is 1. The van der Waals surface area contributed by atoms with E-state index < -0.39 is 122 Å². The van der Waals surface area contributed by atoms with Gasteiger partial charge >= 0.3 is 10.4 Å². The van der Waals surface area contributed by atoms with Crippen LogP contribution in [0.25, 0.3) is 21.5 Å². The number of rotatable bonds is 14. The van der Waals surface area contributed by atoms with Gasteiger partial charge in [0.25, 0.3) is 30.4 Å². The molecule has 6 N–H and O–H groups in total. The highest BCUT2D eigenvalue weighted by molar-refractivity contribution is 7.91. The number of hydrogen-bond donors (Lipinski definition) is 6. The summed E-state index contributed by atoms with van der Waals surface area (Å²) in [7, 11) is -24.6. The topological polar surface area (TPSA) is 363 Å². The fourth-order valence-corrected chi connectivity index (χ4v) is 9.69. The number of sulfone groups is 1. The molecule has 23 nitrogen and oxygen atoms in total. The molecule has 0 aliphatic rings. The zero-order valence-electron chi connectivity index (χ0n) is 31.0. The van der Waals surface area contributed by atoms with E-state index >= 15 is 0 Å². The van der Waals surface area contributed by atoms with Gasteiger partial charge < -0.3 is 10.0 Å². The SMILES string of the molecule is CCN(c1cccc(S(=O)(=O)CCOS(=O)(=O)O)c1)c1nc(Cl)nc(=Nc2cc(S(=O)(=O)O)cc3cc(S(=O)(=O)O)c(N=Nc4ccc5ccccc5c4S(=O)(=O)O)c(O)c23)[nH]1. The Hall–Kier alpha value is -5.53. The predicted molar refractivity (Wildman–Crippen MR) is 218 cm³/mol. The Bertz CT molecular complexity index is 3500. The molecule has 0 atom stereocenters. The number of fused-ring (bicyclic) bond motifs is 2. The molecule has 0 saturated heterocycles. The minimum Gasteiger partial charge on any atom is -0.505 e. The van der Waals surface area contributed by atoms with Crippen LogP contribution in [-0.4, -0.2) is 99.3 Å². The number of phenolic OH excluding ortho intramolecular Hbond substituents is 1. The van der Waals surface area contributed by atoms with Crippen molar-refractivity contribution in [2.24, 2.45) is 15.2 Å². The first-order chi connectivity index (χ1) is 28.8. The number of azo groups is 1. The molecule has 6 aromatic rings. The maximum atomic E-state index is 13.0. The quantitative estimate of drug-likeness (QED) is 0.0641. The van der Waals surface area contributed by atoms with Gasteiger partial charge in [-0.05, 0) is 71.8 Å². The van der Waals surface area contributed by atoms with Gasteiger partial charge in [0.1, 0.15) is 21.2 Å². The summed E-state index contributed by atoms with van der Waals surface area (Å²) >= 11 is 6.26. The standard InChI is InChI=1S/C33H28ClN7O16S5/c1-2-41(20-7-5-8-21(16-20)58(43,44)13-12-57-62(54,55)56)33-37-31(34)36-32(38-33)35-25-17-22(59(45,46)47)14-19-15-26(60(48,49)50)28(29(42)27(19)25)40-39-24-11-10-18-6-3-4-9-23(18)30(24)61(51,52)53/h3-11,14-17,42H,2,12-13H2,1H3,(H,45,46,47)(H,48,49,50)(H,51,52,53)(H,54,55,56)(H,35,36,37,38). The number of aromatic hydroxyl groups is 1. The van der Waals surface area contributed by atoms with E-state index in [1.165, 1.54) is 53.4 Å². The van der Waals surface area contributed by atoms with Crippen LogP contribution in [0.2, 0.25) is 5.28 Å². The fraction of sp³-hybridized carbons (Fsp3) is 0.121. The molecule has 6 rings (SSSR count). The number of benzene rings is 5. The van der Waals surface area contributed by atoms with E-state index in [2.05, 4.69) is 34.4 Å². The lowest BCUT2D eigenvalue weighted by Crippen LogP contribution is -2.25. The molecule has 0 aliphatic heterocycles. The molecule has 1 aromatic heterocycles. The number of aromatic nitrogens is 3. The van der Waals surface area contributed by atoms with Crippen LogP contribution in [-0.2, 0) is 54.8 Å². The second kappa shape index (κ2) is 17.0. The molecule has 0 bridgehead atoms. The summed E-state index contributed by atoms with van der Waals surface area (Å²) in [6.45, 7) is 0.763. The Morgan fingerprint density at radius 3 is 2.10 bits per heavy atom. The Morgan fingerprint density at radius 2 is 1.45 bits per heavy atom. The number of anilines is 2. The van der Waals surface area contributed by atoms with Gasteiger partial charge in [-0.3, -0.25) is 23.2 Å². The lowest BCUT2D eigenvalue weighted by atomic mass is 10.1. The van der Waals surface area contributed by atoms with E-state index in [1.54, 1.807) is 13.0 Å². The van der Waals surface area contributed by atoms with Crippen LogP contribution in [0.3, 0.4) is 0 Å². The van der Waals surface area contributed by atoms with E-state index in [4.69, 9.17) is 16.2 Å². The molecule has 29 heteroatoms. The van der Waals surface area contributed by atoms with Crippen molar-refractivity contribution in [1.82, 2.24) is 15.0 Å². The van der Waals surface area contributed by atoms with Gasteiger partial charge in [-0.15, -0.1) is 10.2 Å². The van der Waals surface area contributed by atoms with E-state index in [1.807, 2.05) is 0 Å². The Labute approximate surface area is 356 Å². The molecule has 62 heavy (non-hydrogen) atoms. The molecule has 1 heterocycles. The number of hydrogen-bond acceptors (Lipinski definition) is 18. The van der Waals surface area contributed by atoms with Crippen molar-refractivity contribution in [3.8, 4) is 5.75 Å². The van der Waals surface area contributed by atoms with Gasteiger partial charge in [0, 0.05) is 17.6 Å². The van der Waals surface area contributed by atoms with Crippen LogP contribution in [0.15, 0.2) is 114 Å². The molecule has 0 radical (unpaired) electrons. The van der Waals surface area contributed by atoms with E-state index in [0.717, 1.165) is 18.2 Å². The number of phenols is 1. The largest absolute Gasteiger partial charge is 0.505 e. The van der Waals surface area contributed by atoms with Gasteiger partial charge in [0.05, 0.1) is 33.2 Å². The second-order valence-corrected chi connectivity index (χ2v) is 20.3. The average molecular weight is 974 g/mol. The summed E-state index contributed by atoms with van der Waals surface area (Å²) in [4.78, 5) is 13.3. The van der Waals surface area contributed by atoms with Crippen LogP contribution in [0.5, 0.6) is 5.75 Å². The lowest BCUT2D eigenvalue weighted by Gasteiger charge is -2.22. The first-order valence-corrected chi connectivity index (χ1v) is 24.6. The number of nitrogens with one attached hydrogen (secondary N) is 1. The maximum absolute atomic E-state index is 13.0. The molecule has 0 fully saturated rings. The number of halogens is 1. The van der Waals surface area contributed by atoms with Crippen LogP contribution < -0.4 is 10.5 Å². The monoisotopic (exact) mass is 973 g/mol. The summed E-state index contributed by atoms with van der Waals surface area (Å²) in [6, 6.07) is 15.7. The molecular weight excluding hydrogens is 946 g/mol. The third kappa shape index (κ3) is 10.2. The lowest BCUT2D eigenvalue weighted by molar-refractivity contribution is 0.284. The summed E-state index contributed by atoms with van der Waals surface area (Å²) in [5, 5.41) is 18.0. The van der Waals surface area contributed by atoms with Crippen LogP contribution in [0, 0.1) is 0 Å². The van der Waals surface area contributed by atoms with Crippen molar-refractivity contribution in [3.05, 3.63) is 89.8 Å². The van der Waals surface area contributed by atoms with Crippen molar-refractivity contribution < 1.29 is 69.6 Å². The smallest absolute Gasteiger partial charge is 0.397 e. The molecule has 0 spiro atoms. The summed E-state index contributed by atoms with van der Waals surface area (Å²) in [6.07, 6.45) is 0. The highest BCUT2D eigenvalue weighted by Gasteiger charge is 2.27. The van der Waals surface area contributed by atoms with Gasteiger partial charge in [0.2, 0.25) is 16.9 Å². The third-order valence-electron chi connectivity index (χ3n) is 8.54. The zero-order valence-corrected chi connectivity index (χ0v) is 35.8. The normalized spacial score (nSPS) is 13.4. The Balaban J connectivity index is 1.55. The molecule has 0 saturated carbocycles. The molecule has 0 amide bonds. The summed E-state index contributed by atoms with van der Waals surface area (Å²) in [5.74, 6) is -2.14. The first-order valence-electron chi connectivity index (χ1n) is 16.9. The van der Waals surface area contributed by atoms with Gasteiger partial charge in [-0.25, -0.2) is 17.6 Å². The van der Waals surface area contributed by atoms with E-state index in [-0.39, 0.29) is 28.5 Å². The Morgan fingerprint density at radius 1 is 0.742 bits per heavy atom. The average Bonchev–Trinajstić information content (AvgIpc) is 3.15. The molecule has 5 aromatic carbocycles. The third-order valence-corrected chi connectivity index (χ3v) is 13.5. The minimum atomic E-state index is -5.37. The predicted octanol–water partition coefficient (Wildman–Crippen LogP) is 4.61. The van der Waals surface area contributed by atoms with Crippen molar-refractivity contribution >= 4 is 112 Å². The van der Waals surface area contributed by atoms with Crippen molar-refractivity contribution in [1.29, 1.82) is 0 Å². The van der Waals surface area contributed by atoms with Crippen LogP contribution >= 0.6 is 11.6 Å². The van der Waals surface area contributed by atoms with E-state index in [9.17, 15) is 60.9 Å². The molecular formula is C33H28ClN7O16S5. The van der Waals surface area contributed by atoms with Crippen LogP contribution in [0.1, 0.15) is 6.92 Å². The first kappa shape index (κ1) is 46.0. The van der Waals surface area contributed by atoms with Gasteiger partial charge in [-0.1, -0.05) is 36.4 Å². The summed E-state index contributed by atoms with van der Waals surface area (Å²) < 4.78 is 166. The fourth-order valence-electron chi connectivity index (χ4n) is 5.97. The molecule has 0 unspecified atom stereocenters. The minimum absolute atomic E-state index is 0.00890. The number of H-pyrrole nitrogens is 1. The summed E-state index contributed by atoms with van der Waals surface area (Å²) in [5.41, 5.74) is -2.46. The highest BCUT2D eigenvalue weighted by atomic mass is 35.5. The maximum Gasteiger partial charge on any atom is 0.397 e.